The van der Waals surface area contributed by atoms with Gasteiger partial charge >= 0.3 is 5.97 Å². The maximum absolute atomic E-state index is 12.3. The molecule has 1 aliphatic carbocycles. The largest absolute Gasteiger partial charge is 0.480 e. The molecule has 1 heterocycles. The summed E-state index contributed by atoms with van der Waals surface area (Å²) < 4.78 is 1.39. The Kier molecular flexibility index (Phi) is 7.17. The summed E-state index contributed by atoms with van der Waals surface area (Å²) in [5.74, 6) is -1.88. The van der Waals surface area contributed by atoms with Crippen molar-refractivity contribution in [2.45, 2.75) is 71.0 Å². The molecular weight excluding hydrogens is 336 g/mol. The molecule has 0 bridgehead atoms. The highest BCUT2D eigenvalue weighted by Crippen LogP contribution is 2.17. The number of nitrogens with zero attached hydrogens (tertiary/aromatic N) is 2. The number of aliphatic carboxylic acids is 1. The minimum Gasteiger partial charge on any atom is -0.480 e. The fourth-order valence-electron chi connectivity index (χ4n) is 3.14. The molecule has 1 aromatic heterocycles. The van der Waals surface area contributed by atoms with Crippen molar-refractivity contribution >= 4 is 17.8 Å². The number of aromatic nitrogens is 2. The van der Waals surface area contributed by atoms with Gasteiger partial charge < -0.3 is 15.7 Å². The number of carboxylic acids is 1. The number of amides is 2. The SMILES string of the molecule is CC[C@H](C)[C@H](NC(=O)c1cnn(CC(=O)NC2CCCCC2)c1)C(=O)O. The molecule has 0 aliphatic heterocycles. The molecular formula is C18H28N4O4. The Bertz CT molecular complexity index is 637. The Morgan fingerprint density at radius 3 is 2.62 bits per heavy atom. The first-order chi connectivity index (χ1) is 12.4. The Hall–Kier alpha value is -2.38. The van der Waals surface area contributed by atoms with Crippen LogP contribution in [-0.2, 0) is 16.1 Å². The molecule has 0 spiro atoms. The number of rotatable bonds is 8. The number of nitrogens with one attached hydrogen (secondary N) is 2. The molecule has 144 valence electrons. The third-order valence-corrected chi connectivity index (χ3v) is 4.94. The topological polar surface area (TPSA) is 113 Å². The second kappa shape index (κ2) is 9.35. The predicted octanol–water partition coefficient (Wildman–Crippen LogP) is 1.56. The van der Waals surface area contributed by atoms with Crippen molar-refractivity contribution in [3.63, 3.8) is 0 Å². The predicted molar refractivity (Wildman–Crippen MR) is 95.6 cm³/mol. The molecule has 1 fully saturated rings. The van der Waals surface area contributed by atoms with E-state index in [2.05, 4.69) is 15.7 Å². The van der Waals surface area contributed by atoms with Gasteiger partial charge in [-0.3, -0.25) is 14.3 Å². The molecule has 0 aromatic carbocycles. The lowest BCUT2D eigenvalue weighted by molar-refractivity contribution is -0.140. The van der Waals surface area contributed by atoms with Gasteiger partial charge in [0.2, 0.25) is 5.91 Å². The minimum atomic E-state index is -1.06. The van der Waals surface area contributed by atoms with E-state index in [4.69, 9.17) is 0 Å². The monoisotopic (exact) mass is 364 g/mol. The fraction of sp³-hybridized carbons (Fsp3) is 0.667. The number of hydrogen-bond donors (Lipinski definition) is 3. The maximum atomic E-state index is 12.3. The van der Waals surface area contributed by atoms with E-state index in [0.717, 1.165) is 25.7 Å². The summed E-state index contributed by atoms with van der Waals surface area (Å²) in [4.78, 5) is 35.7. The van der Waals surface area contributed by atoms with E-state index >= 15 is 0 Å². The molecule has 0 saturated heterocycles. The summed E-state index contributed by atoms with van der Waals surface area (Å²) in [5.41, 5.74) is 0.241. The highest BCUT2D eigenvalue weighted by Gasteiger charge is 2.26. The van der Waals surface area contributed by atoms with Crippen molar-refractivity contribution < 1.29 is 19.5 Å². The summed E-state index contributed by atoms with van der Waals surface area (Å²) in [6.07, 6.45) is 8.95. The van der Waals surface area contributed by atoms with Crippen LogP contribution in [0.15, 0.2) is 12.4 Å². The van der Waals surface area contributed by atoms with Crippen molar-refractivity contribution in [1.82, 2.24) is 20.4 Å². The van der Waals surface area contributed by atoms with Crippen molar-refractivity contribution in [2.75, 3.05) is 0 Å². The molecule has 3 N–H and O–H groups in total. The Morgan fingerprint density at radius 2 is 2.00 bits per heavy atom. The zero-order chi connectivity index (χ0) is 19.1. The maximum Gasteiger partial charge on any atom is 0.326 e. The fourth-order valence-corrected chi connectivity index (χ4v) is 3.14. The van der Waals surface area contributed by atoms with Gasteiger partial charge in [-0.2, -0.15) is 5.10 Å². The van der Waals surface area contributed by atoms with Crippen molar-refractivity contribution in [2.24, 2.45) is 5.92 Å². The van der Waals surface area contributed by atoms with Crippen LogP contribution in [0.2, 0.25) is 0 Å². The van der Waals surface area contributed by atoms with Crippen LogP contribution in [0.4, 0.5) is 0 Å². The molecule has 0 unspecified atom stereocenters. The van der Waals surface area contributed by atoms with Gasteiger partial charge in [-0.15, -0.1) is 0 Å². The smallest absolute Gasteiger partial charge is 0.326 e. The van der Waals surface area contributed by atoms with Crippen molar-refractivity contribution in [3.8, 4) is 0 Å². The average Bonchev–Trinajstić information content (AvgIpc) is 3.07. The number of carbonyl (C=O) groups excluding carboxylic acids is 2. The molecule has 0 radical (unpaired) electrons. The molecule has 2 atom stereocenters. The first-order valence-electron chi connectivity index (χ1n) is 9.26. The van der Waals surface area contributed by atoms with Gasteiger partial charge in [-0.05, 0) is 18.8 Å². The van der Waals surface area contributed by atoms with Gasteiger partial charge in [0.15, 0.2) is 0 Å². The van der Waals surface area contributed by atoms with Crippen LogP contribution in [0.5, 0.6) is 0 Å². The molecule has 1 aliphatic rings. The molecule has 1 aromatic rings. The second-order valence-electron chi connectivity index (χ2n) is 7.00. The summed E-state index contributed by atoms with van der Waals surface area (Å²) in [6, 6.07) is -0.730. The van der Waals surface area contributed by atoms with E-state index in [9.17, 15) is 19.5 Å². The van der Waals surface area contributed by atoms with Crippen LogP contribution < -0.4 is 10.6 Å². The summed E-state index contributed by atoms with van der Waals surface area (Å²) >= 11 is 0. The van der Waals surface area contributed by atoms with E-state index in [1.54, 1.807) is 6.92 Å². The lowest BCUT2D eigenvalue weighted by Crippen LogP contribution is -2.44. The highest BCUT2D eigenvalue weighted by molar-refractivity contribution is 5.96. The Morgan fingerprint density at radius 1 is 1.31 bits per heavy atom. The first-order valence-corrected chi connectivity index (χ1v) is 9.26. The van der Waals surface area contributed by atoms with Gasteiger partial charge in [-0.1, -0.05) is 39.5 Å². The molecule has 8 nitrogen and oxygen atoms in total. The first kappa shape index (κ1) is 19.9. The second-order valence-corrected chi connectivity index (χ2v) is 7.00. The van der Waals surface area contributed by atoms with Gasteiger partial charge in [0.05, 0.1) is 11.8 Å². The number of hydrogen-bond acceptors (Lipinski definition) is 4. The normalized spacial score (nSPS) is 17.3. The minimum absolute atomic E-state index is 0.0392. The zero-order valence-electron chi connectivity index (χ0n) is 15.4. The Balaban J connectivity index is 1.90. The van der Waals surface area contributed by atoms with Gasteiger partial charge in [-0.25, -0.2) is 4.79 Å². The van der Waals surface area contributed by atoms with Crippen LogP contribution in [0, 0.1) is 5.92 Å². The standard InChI is InChI=1S/C18H28N4O4/c1-3-12(2)16(18(25)26)21-17(24)13-9-19-22(10-13)11-15(23)20-14-7-5-4-6-8-14/h9-10,12,14,16H,3-8,11H2,1-2H3,(H,20,23)(H,21,24)(H,25,26)/t12-,16-/m0/s1. The summed E-state index contributed by atoms with van der Waals surface area (Å²) in [7, 11) is 0. The average molecular weight is 364 g/mol. The third kappa shape index (κ3) is 5.57. The molecule has 1 saturated carbocycles. The van der Waals surface area contributed by atoms with Crippen LogP contribution in [0.3, 0.4) is 0 Å². The van der Waals surface area contributed by atoms with E-state index in [0.29, 0.717) is 6.42 Å². The lowest BCUT2D eigenvalue weighted by atomic mass is 9.95. The van der Waals surface area contributed by atoms with Gasteiger partial charge in [0.25, 0.3) is 5.91 Å². The zero-order valence-corrected chi connectivity index (χ0v) is 15.4. The number of carbonyl (C=O) groups is 3. The molecule has 2 rings (SSSR count). The van der Waals surface area contributed by atoms with E-state index < -0.39 is 17.9 Å². The van der Waals surface area contributed by atoms with Crippen LogP contribution in [0.1, 0.15) is 62.7 Å². The molecule has 8 heteroatoms. The van der Waals surface area contributed by atoms with E-state index in [1.807, 2.05) is 6.92 Å². The van der Waals surface area contributed by atoms with Crippen LogP contribution in [-0.4, -0.2) is 44.8 Å². The molecule has 26 heavy (non-hydrogen) atoms. The van der Waals surface area contributed by atoms with E-state index in [-0.39, 0.29) is 30.0 Å². The van der Waals surface area contributed by atoms with Gasteiger partial charge in [0, 0.05) is 12.2 Å². The van der Waals surface area contributed by atoms with Crippen LogP contribution in [0.25, 0.3) is 0 Å². The third-order valence-electron chi connectivity index (χ3n) is 4.94. The van der Waals surface area contributed by atoms with Crippen LogP contribution >= 0.6 is 0 Å². The molecule has 2 amide bonds. The quantitative estimate of drug-likeness (QED) is 0.648. The van der Waals surface area contributed by atoms with E-state index in [1.165, 1.54) is 23.5 Å². The number of carboxylic acid groups (broad SMARTS) is 1. The summed E-state index contributed by atoms with van der Waals surface area (Å²) in [5, 5.41) is 18.8. The Labute approximate surface area is 153 Å². The van der Waals surface area contributed by atoms with Crippen molar-refractivity contribution in [3.05, 3.63) is 18.0 Å². The summed E-state index contributed by atoms with van der Waals surface area (Å²) in [6.45, 7) is 3.69. The highest BCUT2D eigenvalue weighted by atomic mass is 16.4. The lowest BCUT2D eigenvalue weighted by Gasteiger charge is -2.22. The van der Waals surface area contributed by atoms with Gasteiger partial charge in [0.1, 0.15) is 12.6 Å². The van der Waals surface area contributed by atoms with Crippen molar-refractivity contribution in [1.29, 1.82) is 0 Å².